The van der Waals surface area contributed by atoms with E-state index in [0.29, 0.717) is 16.7 Å². The number of aromatic nitrogens is 3. The molecule has 146 valence electrons. The quantitative estimate of drug-likeness (QED) is 0.746. The summed E-state index contributed by atoms with van der Waals surface area (Å²) in [7, 11) is 2.27. The normalized spacial score (nSPS) is 29.3. The van der Waals surface area contributed by atoms with Crippen LogP contribution in [0.15, 0.2) is 18.6 Å². The number of hydrogen-bond donors (Lipinski definition) is 0. The number of piperidine rings is 1. The van der Waals surface area contributed by atoms with Crippen molar-refractivity contribution in [1.29, 1.82) is 0 Å². The Hall–Kier alpha value is -1.17. The third kappa shape index (κ3) is 3.18. The molecule has 5 rings (SSSR count). The minimum atomic E-state index is 0.505. The molecule has 0 unspecified atom stereocenters. The molecule has 1 spiro atoms. The van der Waals surface area contributed by atoms with Crippen LogP contribution in [0.4, 0.5) is 0 Å². The number of rotatable bonds is 3. The van der Waals surface area contributed by atoms with E-state index in [2.05, 4.69) is 43.6 Å². The Labute approximate surface area is 166 Å². The molecule has 3 fully saturated rings. The van der Waals surface area contributed by atoms with E-state index < -0.39 is 0 Å². The topological polar surface area (TPSA) is 37.2 Å². The summed E-state index contributed by atoms with van der Waals surface area (Å²) in [6, 6.07) is 2.62. The summed E-state index contributed by atoms with van der Waals surface area (Å²) in [5, 5.41) is 1.54. The van der Waals surface area contributed by atoms with Crippen LogP contribution in [-0.2, 0) is 0 Å². The van der Waals surface area contributed by atoms with Crippen LogP contribution >= 0.6 is 11.6 Å². The first-order valence-corrected chi connectivity index (χ1v) is 10.9. The zero-order chi connectivity index (χ0) is 18.4. The molecule has 4 heterocycles. The fourth-order valence-electron chi connectivity index (χ4n) is 5.89. The van der Waals surface area contributed by atoms with Crippen molar-refractivity contribution in [1.82, 2.24) is 24.3 Å². The van der Waals surface area contributed by atoms with Crippen LogP contribution in [0.3, 0.4) is 0 Å². The molecule has 2 aliphatic heterocycles. The van der Waals surface area contributed by atoms with Crippen LogP contribution in [0.2, 0.25) is 5.15 Å². The summed E-state index contributed by atoms with van der Waals surface area (Å²) in [6.45, 7) is 5.12. The molecule has 2 saturated heterocycles. The average molecular weight is 388 g/mol. The molecule has 3 aliphatic rings. The van der Waals surface area contributed by atoms with E-state index in [4.69, 9.17) is 11.6 Å². The molecule has 2 aromatic heterocycles. The lowest BCUT2D eigenvalue weighted by Gasteiger charge is -2.45. The lowest BCUT2D eigenvalue weighted by Crippen LogP contribution is -2.52. The van der Waals surface area contributed by atoms with Gasteiger partial charge in [-0.2, -0.15) is 0 Å². The van der Waals surface area contributed by atoms with E-state index in [0.717, 1.165) is 17.0 Å². The third-order valence-electron chi connectivity index (χ3n) is 7.50. The average Bonchev–Trinajstić information content (AvgIpc) is 3.38. The zero-order valence-corrected chi connectivity index (χ0v) is 17.0. The molecule has 2 atom stereocenters. The highest BCUT2D eigenvalue weighted by Crippen LogP contribution is 2.42. The van der Waals surface area contributed by atoms with Gasteiger partial charge in [-0.05, 0) is 83.6 Å². The second-order valence-corrected chi connectivity index (χ2v) is 9.39. The Kier molecular flexibility index (Phi) is 4.65. The van der Waals surface area contributed by atoms with E-state index in [1.165, 1.54) is 71.1 Å². The molecule has 1 saturated carbocycles. The van der Waals surface area contributed by atoms with Gasteiger partial charge in [0, 0.05) is 24.3 Å². The van der Waals surface area contributed by atoms with Gasteiger partial charge in [-0.15, -0.1) is 0 Å². The van der Waals surface area contributed by atoms with E-state index in [-0.39, 0.29) is 0 Å². The Balaban J connectivity index is 1.28. The van der Waals surface area contributed by atoms with Crippen LogP contribution in [0.25, 0.3) is 11.0 Å². The molecule has 6 heteroatoms. The highest BCUT2D eigenvalue weighted by atomic mass is 35.5. The standard InChI is InChI=1S/C21H30ClN5/c1-25-11-7-21(8-12-25)6-2-9-26(21)14-16-3-4-17(13-16)27-10-5-18-19(22)23-15-24-20(18)27/h5,10,15-17H,2-4,6-9,11-14H2,1H3/t16-,17+/m1/s1. The van der Waals surface area contributed by atoms with E-state index in [1.807, 2.05) is 0 Å². The van der Waals surface area contributed by atoms with Crippen molar-refractivity contribution in [2.24, 2.45) is 5.92 Å². The van der Waals surface area contributed by atoms with Crippen LogP contribution in [-0.4, -0.2) is 63.1 Å². The predicted molar refractivity (Wildman–Crippen MR) is 109 cm³/mol. The number of hydrogen-bond acceptors (Lipinski definition) is 4. The van der Waals surface area contributed by atoms with Crippen molar-refractivity contribution >= 4 is 22.6 Å². The summed E-state index contributed by atoms with van der Waals surface area (Å²) in [5.74, 6) is 0.805. The zero-order valence-electron chi connectivity index (χ0n) is 16.3. The van der Waals surface area contributed by atoms with Crippen LogP contribution in [0.1, 0.15) is 51.0 Å². The molecule has 5 nitrogen and oxygen atoms in total. The molecule has 0 N–H and O–H groups in total. The Morgan fingerprint density at radius 2 is 2.00 bits per heavy atom. The predicted octanol–water partition coefficient (Wildman–Crippen LogP) is 3.99. The van der Waals surface area contributed by atoms with Crippen molar-refractivity contribution in [3.05, 3.63) is 23.7 Å². The van der Waals surface area contributed by atoms with Gasteiger partial charge in [0.25, 0.3) is 0 Å². The maximum atomic E-state index is 6.24. The molecule has 0 bridgehead atoms. The van der Waals surface area contributed by atoms with Crippen molar-refractivity contribution in [3.8, 4) is 0 Å². The molecule has 0 amide bonds. The second-order valence-electron chi connectivity index (χ2n) is 9.03. The van der Waals surface area contributed by atoms with Gasteiger partial charge in [-0.25, -0.2) is 9.97 Å². The van der Waals surface area contributed by atoms with Crippen LogP contribution in [0.5, 0.6) is 0 Å². The maximum absolute atomic E-state index is 6.24. The van der Waals surface area contributed by atoms with Gasteiger partial charge < -0.3 is 9.47 Å². The molecule has 0 radical (unpaired) electrons. The summed E-state index contributed by atoms with van der Waals surface area (Å²) in [4.78, 5) is 14.0. The maximum Gasteiger partial charge on any atom is 0.145 e. The Bertz CT molecular complexity index is 810. The van der Waals surface area contributed by atoms with Gasteiger partial charge >= 0.3 is 0 Å². The van der Waals surface area contributed by atoms with E-state index in [9.17, 15) is 0 Å². The fourth-order valence-corrected chi connectivity index (χ4v) is 6.08. The highest BCUT2D eigenvalue weighted by Gasteiger charge is 2.43. The smallest absolute Gasteiger partial charge is 0.145 e. The first-order chi connectivity index (χ1) is 13.1. The molecular weight excluding hydrogens is 358 g/mol. The molecule has 2 aromatic rings. The van der Waals surface area contributed by atoms with Gasteiger partial charge in [-0.1, -0.05) is 11.6 Å². The minimum absolute atomic E-state index is 0.505. The summed E-state index contributed by atoms with van der Waals surface area (Å²) < 4.78 is 2.35. The van der Waals surface area contributed by atoms with E-state index >= 15 is 0 Å². The van der Waals surface area contributed by atoms with Crippen LogP contribution in [0, 0.1) is 5.92 Å². The molecule has 27 heavy (non-hydrogen) atoms. The Morgan fingerprint density at radius 3 is 2.85 bits per heavy atom. The summed E-state index contributed by atoms with van der Waals surface area (Å²) >= 11 is 6.24. The molecule has 1 aliphatic carbocycles. The van der Waals surface area contributed by atoms with Gasteiger partial charge in [0.15, 0.2) is 0 Å². The Morgan fingerprint density at radius 1 is 1.15 bits per heavy atom. The fraction of sp³-hybridized carbons (Fsp3) is 0.714. The van der Waals surface area contributed by atoms with Crippen molar-refractivity contribution < 1.29 is 0 Å². The summed E-state index contributed by atoms with van der Waals surface area (Å²) in [5.41, 5.74) is 1.50. The number of fused-ring (bicyclic) bond motifs is 1. The lowest BCUT2D eigenvalue weighted by atomic mass is 9.84. The lowest BCUT2D eigenvalue weighted by molar-refractivity contribution is 0.0509. The first kappa shape index (κ1) is 17.9. The van der Waals surface area contributed by atoms with Gasteiger partial charge in [0.1, 0.15) is 17.1 Å². The second kappa shape index (κ2) is 7.02. The van der Waals surface area contributed by atoms with Gasteiger partial charge in [-0.3, -0.25) is 4.90 Å². The molecular formula is C21H30ClN5. The van der Waals surface area contributed by atoms with Crippen molar-refractivity contribution in [2.45, 2.75) is 56.5 Å². The molecule has 0 aromatic carbocycles. The van der Waals surface area contributed by atoms with Crippen LogP contribution < -0.4 is 0 Å². The third-order valence-corrected chi connectivity index (χ3v) is 7.81. The number of likely N-dealkylation sites (tertiary alicyclic amines) is 2. The SMILES string of the molecule is CN1CCC2(CCCN2C[C@@H]2CC[C@H](n3ccc4c(Cl)ncnc43)C2)CC1. The summed E-state index contributed by atoms with van der Waals surface area (Å²) in [6.07, 6.45) is 13.1. The first-order valence-electron chi connectivity index (χ1n) is 10.6. The van der Waals surface area contributed by atoms with Gasteiger partial charge in [0.2, 0.25) is 0 Å². The van der Waals surface area contributed by atoms with Crippen molar-refractivity contribution in [2.75, 3.05) is 33.2 Å². The monoisotopic (exact) mass is 387 g/mol. The number of halogens is 1. The van der Waals surface area contributed by atoms with Gasteiger partial charge in [0.05, 0.1) is 5.39 Å². The van der Waals surface area contributed by atoms with E-state index in [1.54, 1.807) is 6.33 Å². The largest absolute Gasteiger partial charge is 0.329 e. The minimum Gasteiger partial charge on any atom is -0.329 e. The number of nitrogens with zero attached hydrogens (tertiary/aromatic N) is 5. The van der Waals surface area contributed by atoms with Crippen molar-refractivity contribution in [3.63, 3.8) is 0 Å². The highest BCUT2D eigenvalue weighted by molar-refractivity contribution is 6.33.